The first-order valence-corrected chi connectivity index (χ1v) is 11.5. The van der Waals surface area contributed by atoms with Crippen LogP contribution in [0.25, 0.3) is 21.5 Å². The van der Waals surface area contributed by atoms with Crippen LogP contribution >= 0.6 is 11.3 Å². The molecule has 0 saturated carbocycles. The van der Waals surface area contributed by atoms with Crippen molar-refractivity contribution >= 4 is 38.9 Å². The van der Waals surface area contributed by atoms with E-state index in [1.54, 1.807) is 32.7 Å². The lowest BCUT2D eigenvalue weighted by molar-refractivity contribution is 0.242. The highest BCUT2D eigenvalue weighted by atomic mass is 32.1. The van der Waals surface area contributed by atoms with Crippen molar-refractivity contribution in [2.45, 2.75) is 6.04 Å². The molecule has 34 heavy (non-hydrogen) atoms. The highest BCUT2D eigenvalue weighted by molar-refractivity contribution is 7.19. The van der Waals surface area contributed by atoms with Gasteiger partial charge >= 0.3 is 6.03 Å². The van der Waals surface area contributed by atoms with Gasteiger partial charge in [0.25, 0.3) is 0 Å². The second-order valence-electron chi connectivity index (χ2n) is 7.63. The molecule has 0 unspecified atom stereocenters. The van der Waals surface area contributed by atoms with Crippen LogP contribution in [0.1, 0.15) is 22.2 Å². The van der Waals surface area contributed by atoms with Crippen molar-refractivity contribution < 1.29 is 19.0 Å². The van der Waals surface area contributed by atoms with E-state index in [1.807, 2.05) is 66.7 Å². The number of carbonyl (C=O) groups excluding carboxylic acids is 1. The van der Waals surface area contributed by atoms with Crippen LogP contribution in [0.5, 0.6) is 17.2 Å². The lowest BCUT2D eigenvalue weighted by atomic mass is 9.92. The average Bonchev–Trinajstić information content (AvgIpc) is 3.31. The molecule has 1 aliphatic rings. The fourth-order valence-electron chi connectivity index (χ4n) is 4.13. The topological polar surface area (TPSA) is 81.7 Å². The van der Waals surface area contributed by atoms with E-state index in [1.165, 1.54) is 0 Å². The average molecular weight is 474 g/mol. The number of para-hydroxylation sites is 1. The molecule has 0 aliphatic carbocycles. The molecule has 1 aliphatic heterocycles. The van der Waals surface area contributed by atoms with E-state index in [2.05, 4.69) is 10.6 Å². The zero-order chi connectivity index (χ0) is 23.7. The molecule has 1 atom stereocenters. The Labute approximate surface area is 201 Å². The molecule has 5 rings (SSSR count). The standard InChI is InChI=1S/C26H23N3O4S/c1-31-18-13-16(14-19(32-2)24(18)33-3)23-21(25-27-17-11-7-8-12-20(17)34-25)22(28-26(30)29-23)15-9-5-4-6-10-15/h4-14,23H,1-3H3,(H2,28,29,30)/t23-/m0/s1. The summed E-state index contributed by atoms with van der Waals surface area (Å²) in [7, 11) is 4.70. The number of urea groups is 1. The maximum atomic E-state index is 12.9. The molecule has 0 bridgehead atoms. The minimum Gasteiger partial charge on any atom is -0.493 e. The number of thiazole rings is 1. The van der Waals surface area contributed by atoms with Crippen LogP contribution in [0.2, 0.25) is 0 Å². The first-order valence-electron chi connectivity index (χ1n) is 10.7. The zero-order valence-electron chi connectivity index (χ0n) is 18.9. The van der Waals surface area contributed by atoms with Gasteiger partial charge in [-0.2, -0.15) is 0 Å². The zero-order valence-corrected chi connectivity index (χ0v) is 19.7. The van der Waals surface area contributed by atoms with Crippen molar-refractivity contribution in [2.75, 3.05) is 21.3 Å². The van der Waals surface area contributed by atoms with Crippen molar-refractivity contribution in [3.63, 3.8) is 0 Å². The molecule has 2 N–H and O–H groups in total. The quantitative estimate of drug-likeness (QED) is 0.400. The Morgan fingerprint density at radius 3 is 2.21 bits per heavy atom. The van der Waals surface area contributed by atoms with E-state index in [0.29, 0.717) is 22.9 Å². The van der Waals surface area contributed by atoms with Gasteiger partial charge in [-0.05, 0) is 35.4 Å². The fourth-order valence-corrected chi connectivity index (χ4v) is 5.18. The molecule has 3 aromatic carbocycles. The van der Waals surface area contributed by atoms with E-state index in [0.717, 1.165) is 31.9 Å². The summed E-state index contributed by atoms with van der Waals surface area (Å²) in [5.74, 6) is 1.51. The largest absolute Gasteiger partial charge is 0.493 e. The van der Waals surface area contributed by atoms with Crippen molar-refractivity contribution in [1.29, 1.82) is 0 Å². The van der Waals surface area contributed by atoms with Gasteiger partial charge in [-0.25, -0.2) is 9.78 Å². The number of rotatable bonds is 6. The smallest absolute Gasteiger partial charge is 0.320 e. The summed E-state index contributed by atoms with van der Waals surface area (Å²) in [5, 5.41) is 6.90. The number of methoxy groups -OCH3 is 3. The molecule has 172 valence electrons. The number of hydrogen-bond acceptors (Lipinski definition) is 6. The monoisotopic (exact) mass is 473 g/mol. The van der Waals surface area contributed by atoms with Crippen LogP contribution in [0.4, 0.5) is 4.79 Å². The van der Waals surface area contributed by atoms with Crippen molar-refractivity contribution in [2.24, 2.45) is 0 Å². The van der Waals surface area contributed by atoms with Crippen LogP contribution in [0, 0.1) is 0 Å². The first-order chi connectivity index (χ1) is 16.6. The van der Waals surface area contributed by atoms with E-state index in [4.69, 9.17) is 19.2 Å². The highest BCUT2D eigenvalue weighted by Gasteiger charge is 2.33. The third-order valence-electron chi connectivity index (χ3n) is 5.68. The predicted molar refractivity (Wildman–Crippen MR) is 133 cm³/mol. The molecule has 0 fully saturated rings. The van der Waals surface area contributed by atoms with Gasteiger partial charge in [-0.1, -0.05) is 42.5 Å². The van der Waals surface area contributed by atoms with E-state index in [-0.39, 0.29) is 6.03 Å². The number of carbonyl (C=O) groups is 1. The van der Waals surface area contributed by atoms with E-state index < -0.39 is 6.04 Å². The third-order valence-corrected chi connectivity index (χ3v) is 6.75. The first kappa shape index (κ1) is 21.8. The highest BCUT2D eigenvalue weighted by Crippen LogP contribution is 2.45. The lowest BCUT2D eigenvalue weighted by Crippen LogP contribution is -2.43. The molecule has 1 aromatic heterocycles. The Bertz CT molecular complexity index is 1340. The summed E-state index contributed by atoms with van der Waals surface area (Å²) >= 11 is 1.58. The maximum Gasteiger partial charge on any atom is 0.320 e. The van der Waals surface area contributed by atoms with Gasteiger partial charge in [0.1, 0.15) is 5.01 Å². The van der Waals surface area contributed by atoms with Crippen LogP contribution in [-0.2, 0) is 0 Å². The van der Waals surface area contributed by atoms with Gasteiger partial charge in [0.2, 0.25) is 5.75 Å². The van der Waals surface area contributed by atoms with Gasteiger partial charge in [-0.3, -0.25) is 0 Å². The van der Waals surface area contributed by atoms with Gasteiger partial charge in [-0.15, -0.1) is 11.3 Å². The molecule has 2 amide bonds. The summed E-state index contributed by atoms with van der Waals surface area (Å²) < 4.78 is 17.7. The van der Waals surface area contributed by atoms with Crippen molar-refractivity contribution in [3.05, 3.63) is 82.9 Å². The minimum atomic E-state index is -0.502. The summed E-state index contributed by atoms with van der Waals surface area (Å²) in [6, 6.07) is 20.7. The van der Waals surface area contributed by atoms with Crippen LogP contribution in [-0.4, -0.2) is 32.3 Å². The molecule has 7 nitrogen and oxygen atoms in total. The van der Waals surface area contributed by atoms with E-state index in [9.17, 15) is 4.79 Å². The SMILES string of the molecule is COc1cc([C@@H]2NC(=O)NC(c3ccccc3)=C2c2nc3ccccc3s2)cc(OC)c1OC. The summed E-state index contributed by atoms with van der Waals surface area (Å²) in [6.07, 6.45) is 0. The van der Waals surface area contributed by atoms with Crippen LogP contribution < -0.4 is 24.8 Å². The molecular weight excluding hydrogens is 450 g/mol. The molecular formula is C26H23N3O4S. The van der Waals surface area contributed by atoms with Crippen molar-refractivity contribution in [3.8, 4) is 17.2 Å². The minimum absolute atomic E-state index is 0.303. The number of nitrogens with one attached hydrogen (secondary N) is 2. The van der Waals surface area contributed by atoms with E-state index >= 15 is 0 Å². The Balaban J connectivity index is 1.78. The predicted octanol–water partition coefficient (Wildman–Crippen LogP) is 5.24. The fraction of sp³-hybridized carbons (Fsp3) is 0.154. The van der Waals surface area contributed by atoms with Gasteiger partial charge in [0.05, 0.1) is 43.3 Å². The number of ether oxygens (including phenoxy) is 3. The normalized spacial score (nSPS) is 15.6. The number of amides is 2. The van der Waals surface area contributed by atoms with Gasteiger partial charge in [0, 0.05) is 5.57 Å². The summed E-state index contributed by atoms with van der Waals surface area (Å²) in [5.41, 5.74) is 4.16. The van der Waals surface area contributed by atoms with Gasteiger partial charge < -0.3 is 24.8 Å². The van der Waals surface area contributed by atoms with Crippen molar-refractivity contribution in [1.82, 2.24) is 15.6 Å². The Morgan fingerprint density at radius 1 is 0.882 bits per heavy atom. The lowest BCUT2D eigenvalue weighted by Gasteiger charge is -2.30. The number of benzene rings is 3. The number of fused-ring (bicyclic) bond motifs is 1. The molecule has 0 spiro atoms. The molecule has 8 heteroatoms. The number of aromatic nitrogens is 1. The molecule has 4 aromatic rings. The van der Waals surface area contributed by atoms with Crippen LogP contribution in [0.3, 0.4) is 0 Å². The molecule has 2 heterocycles. The molecule has 0 saturated heterocycles. The second kappa shape index (κ2) is 9.07. The number of nitrogens with zero attached hydrogens (tertiary/aromatic N) is 1. The second-order valence-corrected chi connectivity index (χ2v) is 8.66. The summed E-state index contributed by atoms with van der Waals surface area (Å²) in [6.45, 7) is 0. The van der Waals surface area contributed by atoms with Gasteiger partial charge in [0.15, 0.2) is 11.5 Å². The Morgan fingerprint density at radius 2 is 1.56 bits per heavy atom. The molecule has 0 radical (unpaired) electrons. The Kier molecular flexibility index (Phi) is 5.81. The van der Waals surface area contributed by atoms with Crippen LogP contribution in [0.15, 0.2) is 66.7 Å². The maximum absolute atomic E-state index is 12.9. The summed E-state index contributed by atoms with van der Waals surface area (Å²) in [4.78, 5) is 17.8. The Hall–Kier alpha value is -4.04. The number of hydrogen-bond donors (Lipinski definition) is 2. The third kappa shape index (κ3) is 3.82.